The first-order valence-corrected chi connectivity index (χ1v) is 8.01. The second-order valence-electron chi connectivity index (χ2n) is 4.26. The van der Waals surface area contributed by atoms with Gasteiger partial charge in [-0.2, -0.15) is 0 Å². The first-order chi connectivity index (χ1) is 9.17. The van der Waals surface area contributed by atoms with Crippen LogP contribution in [0, 0.1) is 4.77 Å². The summed E-state index contributed by atoms with van der Waals surface area (Å²) in [6, 6.07) is 6.35. The zero-order valence-electron chi connectivity index (χ0n) is 10.3. The van der Waals surface area contributed by atoms with Crippen LogP contribution in [0.25, 0.3) is 11.2 Å². The molecule has 3 aromatic heterocycles. The van der Waals surface area contributed by atoms with Crippen LogP contribution in [0.2, 0.25) is 0 Å². The monoisotopic (exact) mass is 353 g/mol. The minimum absolute atomic E-state index is 0.715. The lowest BCUT2D eigenvalue weighted by Crippen LogP contribution is -1.98. The number of aryl methyl sites for hydroxylation is 1. The summed E-state index contributed by atoms with van der Waals surface area (Å²) < 4.78 is 3.71. The van der Waals surface area contributed by atoms with Gasteiger partial charge in [-0.15, -0.1) is 11.3 Å². The van der Waals surface area contributed by atoms with E-state index in [1.54, 1.807) is 6.20 Å². The van der Waals surface area contributed by atoms with Crippen molar-refractivity contribution < 1.29 is 0 Å². The molecule has 3 aromatic rings. The second kappa shape index (κ2) is 5.19. The van der Waals surface area contributed by atoms with E-state index in [1.807, 2.05) is 22.0 Å². The van der Waals surface area contributed by atoms with Gasteiger partial charge in [0.1, 0.15) is 0 Å². The minimum atomic E-state index is 0.715. The topological polar surface area (TPSA) is 33.6 Å². The maximum Gasteiger partial charge on any atom is 0.179 e. The van der Waals surface area contributed by atoms with Crippen molar-refractivity contribution in [1.82, 2.24) is 14.5 Å². The summed E-state index contributed by atoms with van der Waals surface area (Å²) in [5.74, 6) is 0. The number of imidazole rings is 1. The summed E-state index contributed by atoms with van der Waals surface area (Å²) in [7, 11) is 0. The van der Waals surface area contributed by atoms with Crippen molar-refractivity contribution in [3.8, 4) is 0 Å². The molecule has 0 saturated heterocycles. The molecule has 1 N–H and O–H groups in total. The largest absolute Gasteiger partial charge is 0.329 e. The Morgan fingerprint density at radius 2 is 2.21 bits per heavy atom. The lowest BCUT2D eigenvalue weighted by molar-refractivity contribution is 0.813. The Kier molecular flexibility index (Phi) is 3.56. The van der Waals surface area contributed by atoms with Crippen molar-refractivity contribution in [3.05, 3.63) is 43.4 Å². The second-order valence-corrected chi connectivity index (χ2v) is 6.82. The fourth-order valence-corrected chi connectivity index (χ4v) is 3.56. The summed E-state index contributed by atoms with van der Waals surface area (Å²) in [4.78, 5) is 10.4. The molecule has 0 aliphatic carbocycles. The first kappa shape index (κ1) is 13.0. The fourth-order valence-electron chi connectivity index (χ4n) is 2.02. The van der Waals surface area contributed by atoms with E-state index < -0.39 is 0 Å². The molecule has 6 heteroatoms. The highest BCUT2D eigenvalue weighted by Crippen LogP contribution is 2.21. The zero-order valence-corrected chi connectivity index (χ0v) is 13.5. The Morgan fingerprint density at radius 1 is 1.42 bits per heavy atom. The van der Waals surface area contributed by atoms with Crippen LogP contribution in [0.1, 0.15) is 16.7 Å². The van der Waals surface area contributed by atoms with Crippen LogP contribution >= 0.6 is 39.5 Å². The van der Waals surface area contributed by atoms with Gasteiger partial charge in [0.05, 0.1) is 12.1 Å². The molecule has 0 amide bonds. The number of rotatable bonds is 3. The number of nitrogens with zero attached hydrogens (tertiary/aromatic N) is 2. The predicted molar refractivity (Wildman–Crippen MR) is 85.4 cm³/mol. The number of thiophene rings is 1. The predicted octanol–water partition coefficient (Wildman–Crippen LogP) is 4.53. The molecule has 98 valence electrons. The SMILES string of the molecule is CCc1ccc(Cn2c(=S)[nH]c3cc(Br)cnc32)s1. The van der Waals surface area contributed by atoms with Crippen LogP contribution in [-0.2, 0) is 13.0 Å². The Balaban J connectivity index is 2.05. The molecule has 0 aliphatic rings. The normalized spacial score (nSPS) is 11.3. The van der Waals surface area contributed by atoms with Gasteiger partial charge in [-0.25, -0.2) is 4.98 Å². The van der Waals surface area contributed by atoms with Gasteiger partial charge in [-0.05, 0) is 52.8 Å². The van der Waals surface area contributed by atoms with E-state index in [0.717, 1.165) is 28.6 Å². The van der Waals surface area contributed by atoms with Crippen molar-refractivity contribution >= 4 is 50.6 Å². The smallest absolute Gasteiger partial charge is 0.179 e. The molecule has 3 heterocycles. The molecule has 0 unspecified atom stereocenters. The first-order valence-electron chi connectivity index (χ1n) is 5.99. The number of H-pyrrole nitrogens is 1. The minimum Gasteiger partial charge on any atom is -0.329 e. The Hall–Kier alpha value is -0.980. The van der Waals surface area contributed by atoms with Gasteiger partial charge in [-0.1, -0.05) is 6.92 Å². The molecule has 0 radical (unpaired) electrons. The molecule has 19 heavy (non-hydrogen) atoms. The van der Waals surface area contributed by atoms with Gasteiger partial charge in [0.25, 0.3) is 0 Å². The molecule has 0 saturated carbocycles. The van der Waals surface area contributed by atoms with E-state index in [0.29, 0.717) is 4.77 Å². The van der Waals surface area contributed by atoms with E-state index in [9.17, 15) is 0 Å². The molecule has 0 bridgehead atoms. The number of nitrogens with one attached hydrogen (secondary N) is 1. The molecule has 0 spiro atoms. The standard InChI is InChI=1S/C13H12BrN3S2/c1-2-9-3-4-10(19-9)7-17-12-11(16-13(17)18)5-8(14)6-15-12/h3-6H,2,7H2,1H3,(H,16,18). The fraction of sp³-hybridized carbons (Fsp3) is 0.231. The molecule has 3 nitrogen and oxygen atoms in total. The third kappa shape index (κ3) is 2.52. The number of halogens is 1. The van der Waals surface area contributed by atoms with Gasteiger partial charge in [-0.3, -0.25) is 4.57 Å². The number of fused-ring (bicyclic) bond motifs is 1. The van der Waals surface area contributed by atoms with Crippen molar-refractivity contribution in [2.24, 2.45) is 0 Å². The van der Waals surface area contributed by atoms with Crippen LogP contribution in [-0.4, -0.2) is 14.5 Å². The molecule has 0 aromatic carbocycles. The lowest BCUT2D eigenvalue weighted by Gasteiger charge is -2.01. The Bertz CT molecular complexity index is 785. The summed E-state index contributed by atoms with van der Waals surface area (Å²) in [5, 5.41) is 0. The van der Waals surface area contributed by atoms with Crippen LogP contribution < -0.4 is 0 Å². The van der Waals surface area contributed by atoms with E-state index in [-0.39, 0.29) is 0 Å². The highest BCUT2D eigenvalue weighted by molar-refractivity contribution is 9.10. The molecular weight excluding hydrogens is 342 g/mol. The number of pyridine rings is 1. The maximum atomic E-state index is 5.39. The van der Waals surface area contributed by atoms with Gasteiger partial charge < -0.3 is 4.98 Å². The van der Waals surface area contributed by atoms with Crippen molar-refractivity contribution in [3.63, 3.8) is 0 Å². The van der Waals surface area contributed by atoms with Crippen LogP contribution in [0.3, 0.4) is 0 Å². The Morgan fingerprint density at radius 3 is 2.95 bits per heavy atom. The van der Waals surface area contributed by atoms with E-state index >= 15 is 0 Å². The van der Waals surface area contributed by atoms with Crippen LogP contribution in [0.4, 0.5) is 0 Å². The third-order valence-electron chi connectivity index (χ3n) is 2.96. The van der Waals surface area contributed by atoms with E-state index in [4.69, 9.17) is 12.2 Å². The highest BCUT2D eigenvalue weighted by Gasteiger charge is 2.08. The van der Waals surface area contributed by atoms with Crippen molar-refractivity contribution in [2.45, 2.75) is 19.9 Å². The highest BCUT2D eigenvalue weighted by atomic mass is 79.9. The average molecular weight is 354 g/mol. The summed E-state index contributed by atoms with van der Waals surface area (Å²) in [6.45, 7) is 2.95. The zero-order chi connectivity index (χ0) is 13.4. The average Bonchev–Trinajstić information content (AvgIpc) is 2.95. The van der Waals surface area contributed by atoms with Crippen molar-refractivity contribution in [1.29, 1.82) is 0 Å². The van der Waals surface area contributed by atoms with Crippen LogP contribution in [0.5, 0.6) is 0 Å². The summed E-state index contributed by atoms with van der Waals surface area (Å²) in [5.41, 5.74) is 1.87. The molecule has 0 fully saturated rings. The number of aromatic amines is 1. The van der Waals surface area contributed by atoms with E-state index in [1.165, 1.54) is 9.75 Å². The van der Waals surface area contributed by atoms with Gasteiger partial charge in [0, 0.05) is 20.4 Å². The summed E-state index contributed by atoms with van der Waals surface area (Å²) in [6.07, 6.45) is 2.88. The Labute approximate surface area is 128 Å². The quantitative estimate of drug-likeness (QED) is 0.701. The molecular formula is C13H12BrN3S2. The number of hydrogen-bond donors (Lipinski definition) is 1. The molecule has 3 rings (SSSR count). The third-order valence-corrected chi connectivity index (χ3v) is 4.93. The molecule has 0 aliphatic heterocycles. The maximum absolute atomic E-state index is 5.39. The van der Waals surface area contributed by atoms with E-state index in [2.05, 4.69) is 45.0 Å². The summed E-state index contributed by atoms with van der Waals surface area (Å²) >= 11 is 10.6. The van der Waals surface area contributed by atoms with Gasteiger partial charge in [0.15, 0.2) is 10.4 Å². The molecule has 0 atom stereocenters. The lowest BCUT2D eigenvalue weighted by atomic mass is 10.3. The van der Waals surface area contributed by atoms with Gasteiger partial charge in [0.2, 0.25) is 0 Å². The van der Waals surface area contributed by atoms with Crippen molar-refractivity contribution in [2.75, 3.05) is 0 Å². The van der Waals surface area contributed by atoms with Gasteiger partial charge >= 0.3 is 0 Å². The number of hydrogen-bond acceptors (Lipinski definition) is 3. The van der Waals surface area contributed by atoms with Crippen LogP contribution in [0.15, 0.2) is 28.9 Å². The number of aromatic nitrogens is 3.